The molecule has 1 aromatic heterocycles. The van der Waals surface area contributed by atoms with Gasteiger partial charge in [-0.05, 0) is 48.9 Å². The largest absolute Gasteiger partial charge is 0.486 e. The zero-order chi connectivity index (χ0) is 20.9. The highest BCUT2D eigenvalue weighted by Crippen LogP contribution is 2.32. The minimum absolute atomic E-state index is 0.117. The summed E-state index contributed by atoms with van der Waals surface area (Å²) in [7, 11) is 0. The van der Waals surface area contributed by atoms with E-state index in [1.165, 1.54) is 23.5 Å². The summed E-state index contributed by atoms with van der Waals surface area (Å²) >= 11 is 1.42. The molecule has 6 nitrogen and oxygen atoms in total. The summed E-state index contributed by atoms with van der Waals surface area (Å²) in [5, 5.41) is 5.58. The molecule has 1 aliphatic heterocycles. The molecule has 1 amide bonds. The Kier molecular flexibility index (Phi) is 6.13. The van der Waals surface area contributed by atoms with Crippen LogP contribution in [0.15, 0.2) is 47.8 Å². The number of hydrogen-bond donors (Lipinski definition) is 1. The number of carbonyl (C=O) groups is 1. The third-order valence-corrected chi connectivity index (χ3v) is 5.43. The highest BCUT2D eigenvalue weighted by molar-refractivity contribution is 7.09. The lowest BCUT2D eigenvalue weighted by atomic mass is 10.1. The Morgan fingerprint density at radius 2 is 1.97 bits per heavy atom. The van der Waals surface area contributed by atoms with Gasteiger partial charge in [0.2, 0.25) is 5.91 Å². The Morgan fingerprint density at radius 3 is 2.77 bits per heavy atom. The maximum absolute atomic E-state index is 12.9. The van der Waals surface area contributed by atoms with Crippen molar-refractivity contribution < 1.29 is 23.4 Å². The number of halogens is 1. The second-order valence-electron chi connectivity index (χ2n) is 6.84. The van der Waals surface area contributed by atoms with Crippen LogP contribution in [0.1, 0.15) is 29.2 Å². The van der Waals surface area contributed by atoms with Gasteiger partial charge in [-0.25, -0.2) is 9.37 Å². The second kappa shape index (κ2) is 9.13. The predicted molar refractivity (Wildman–Crippen MR) is 111 cm³/mol. The van der Waals surface area contributed by atoms with Gasteiger partial charge in [-0.3, -0.25) is 4.79 Å². The summed E-state index contributed by atoms with van der Waals surface area (Å²) in [5.41, 5.74) is 1.63. The molecule has 0 fully saturated rings. The van der Waals surface area contributed by atoms with Gasteiger partial charge in [0, 0.05) is 5.38 Å². The van der Waals surface area contributed by atoms with Crippen LogP contribution in [0.5, 0.6) is 17.2 Å². The Morgan fingerprint density at radius 1 is 1.20 bits per heavy atom. The molecule has 1 aliphatic rings. The van der Waals surface area contributed by atoms with Crippen molar-refractivity contribution in [2.24, 2.45) is 0 Å². The Hall–Kier alpha value is -3.13. The zero-order valence-electron chi connectivity index (χ0n) is 16.4. The summed E-state index contributed by atoms with van der Waals surface area (Å²) < 4.78 is 29.7. The number of aromatic nitrogens is 1. The fraction of sp³-hybridized carbons (Fsp3) is 0.273. The van der Waals surface area contributed by atoms with Crippen molar-refractivity contribution in [3.63, 3.8) is 0 Å². The van der Waals surface area contributed by atoms with Gasteiger partial charge in [0.05, 0.1) is 18.2 Å². The summed E-state index contributed by atoms with van der Waals surface area (Å²) in [4.78, 5) is 16.9. The van der Waals surface area contributed by atoms with E-state index >= 15 is 0 Å². The molecule has 1 unspecified atom stereocenters. The van der Waals surface area contributed by atoms with E-state index < -0.39 is 0 Å². The van der Waals surface area contributed by atoms with Crippen molar-refractivity contribution in [2.45, 2.75) is 26.0 Å². The van der Waals surface area contributed by atoms with Crippen LogP contribution in [0.2, 0.25) is 0 Å². The van der Waals surface area contributed by atoms with E-state index in [9.17, 15) is 9.18 Å². The number of nitrogens with zero attached hydrogens (tertiary/aromatic N) is 1. The van der Waals surface area contributed by atoms with Crippen molar-refractivity contribution in [2.75, 3.05) is 13.2 Å². The van der Waals surface area contributed by atoms with Gasteiger partial charge in [-0.2, -0.15) is 0 Å². The SMILES string of the molecule is CC(NC(=O)Cc1csc(COc2ccc(F)cc2)n1)c1ccc2c(c1)OCCO2. The Labute approximate surface area is 177 Å². The molecule has 30 heavy (non-hydrogen) atoms. The van der Waals surface area contributed by atoms with Gasteiger partial charge in [-0.1, -0.05) is 6.07 Å². The molecule has 0 aliphatic carbocycles. The van der Waals surface area contributed by atoms with Crippen LogP contribution < -0.4 is 19.5 Å². The van der Waals surface area contributed by atoms with E-state index in [4.69, 9.17) is 14.2 Å². The number of ether oxygens (including phenoxy) is 3. The number of rotatable bonds is 7. The fourth-order valence-electron chi connectivity index (χ4n) is 3.04. The summed E-state index contributed by atoms with van der Waals surface area (Å²) in [6, 6.07) is 11.3. The lowest BCUT2D eigenvalue weighted by molar-refractivity contribution is -0.121. The Balaban J connectivity index is 1.29. The van der Waals surface area contributed by atoms with Crippen LogP contribution in [0.3, 0.4) is 0 Å². The fourth-order valence-corrected chi connectivity index (χ4v) is 3.75. The first-order chi connectivity index (χ1) is 14.6. The number of nitrogens with one attached hydrogen (secondary N) is 1. The summed E-state index contributed by atoms with van der Waals surface area (Å²) in [6.45, 7) is 3.26. The first-order valence-electron chi connectivity index (χ1n) is 9.57. The quantitative estimate of drug-likeness (QED) is 0.615. The topological polar surface area (TPSA) is 69.7 Å². The molecule has 2 heterocycles. The molecule has 0 spiro atoms. The molecule has 0 radical (unpaired) electrons. The van der Waals surface area contributed by atoms with E-state index in [1.807, 2.05) is 30.5 Å². The highest BCUT2D eigenvalue weighted by atomic mass is 32.1. The molecule has 0 saturated heterocycles. The lowest BCUT2D eigenvalue weighted by Crippen LogP contribution is -2.28. The monoisotopic (exact) mass is 428 g/mol. The molecular formula is C22H21FN2O4S. The third-order valence-electron chi connectivity index (χ3n) is 4.56. The first kappa shape index (κ1) is 20.2. The van der Waals surface area contributed by atoms with Crippen LogP contribution in [0.25, 0.3) is 0 Å². The van der Waals surface area contributed by atoms with Gasteiger partial charge in [-0.15, -0.1) is 11.3 Å². The van der Waals surface area contributed by atoms with Crippen molar-refractivity contribution in [3.05, 3.63) is 69.9 Å². The summed E-state index contributed by atoms with van der Waals surface area (Å²) in [6.07, 6.45) is 0.182. The minimum atomic E-state index is -0.310. The predicted octanol–water partition coefficient (Wildman–Crippen LogP) is 4.05. The lowest BCUT2D eigenvalue weighted by Gasteiger charge is -2.21. The Bertz CT molecular complexity index is 1020. The van der Waals surface area contributed by atoms with E-state index in [0.29, 0.717) is 30.4 Å². The van der Waals surface area contributed by atoms with Crippen molar-refractivity contribution in [1.82, 2.24) is 10.3 Å². The maximum Gasteiger partial charge on any atom is 0.226 e. The maximum atomic E-state index is 12.9. The molecule has 0 bridgehead atoms. The number of thiazole rings is 1. The standard InChI is InChI=1S/C22H21FN2O4S/c1-14(15-2-7-19-20(10-15)28-9-8-27-19)24-21(26)11-17-13-30-22(25-17)12-29-18-5-3-16(23)4-6-18/h2-7,10,13-14H,8-9,11-12H2,1H3,(H,24,26). The number of amides is 1. The molecule has 4 rings (SSSR count). The first-order valence-corrected chi connectivity index (χ1v) is 10.5. The average molecular weight is 428 g/mol. The van der Waals surface area contributed by atoms with E-state index in [2.05, 4.69) is 10.3 Å². The molecule has 156 valence electrons. The van der Waals surface area contributed by atoms with Crippen LogP contribution in [0, 0.1) is 5.82 Å². The van der Waals surface area contributed by atoms with Gasteiger partial charge in [0.15, 0.2) is 11.5 Å². The van der Waals surface area contributed by atoms with E-state index in [1.54, 1.807) is 12.1 Å². The molecule has 2 aromatic carbocycles. The molecule has 8 heteroatoms. The number of fused-ring (bicyclic) bond motifs is 1. The zero-order valence-corrected chi connectivity index (χ0v) is 17.2. The van der Waals surface area contributed by atoms with Crippen LogP contribution in [-0.2, 0) is 17.8 Å². The molecular weight excluding hydrogens is 407 g/mol. The number of benzene rings is 2. The van der Waals surface area contributed by atoms with Crippen LogP contribution >= 0.6 is 11.3 Å². The summed E-state index contributed by atoms with van der Waals surface area (Å²) in [5.74, 6) is 1.56. The van der Waals surface area contributed by atoms with Gasteiger partial charge in [0.1, 0.15) is 36.4 Å². The van der Waals surface area contributed by atoms with Crippen molar-refractivity contribution in [3.8, 4) is 17.2 Å². The number of hydrogen-bond acceptors (Lipinski definition) is 6. The van der Waals surface area contributed by atoms with Crippen LogP contribution in [-0.4, -0.2) is 24.1 Å². The second-order valence-corrected chi connectivity index (χ2v) is 7.79. The van der Waals surface area contributed by atoms with Gasteiger partial charge >= 0.3 is 0 Å². The molecule has 3 aromatic rings. The van der Waals surface area contributed by atoms with E-state index in [-0.39, 0.29) is 30.8 Å². The smallest absolute Gasteiger partial charge is 0.226 e. The van der Waals surface area contributed by atoms with Crippen LogP contribution in [0.4, 0.5) is 4.39 Å². The highest BCUT2D eigenvalue weighted by Gasteiger charge is 2.16. The minimum Gasteiger partial charge on any atom is -0.486 e. The van der Waals surface area contributed by atoms with Gasteiger partial charge < -0.3 is 19.5 Å². The normalized spacial score (nSPS) is 13.5. The third kappa shape index (κ3) is 5.07. The average Bonchev–Trinajstić information content (AvgIpc) is 3.20. The molecule has 1 atom stereocenters. The van der Waals surface area contributed by atoms with E-state index in [0.717, 1.165) is 16.3 Å². The van der Waals surface area contributed by atoms with Gasteiger partial charge in [0.25, 0.3) is 0 Å². The van der Waals surface area contributed by atoms with Crippen molar-refractivity contribution in [1.29, 1.82) is 0 Å². The van der Waals surface area contributed by atoms with Crippen molar-refractivity contribution >= 4 is 17.2 Å². The number of carbonyl (C=O) groups excluding carboxylic acids is 1. The molecule has 0 saturated carbocycles. The molecule has 1 N–H and O–H groups in total.